The van der Waals surface area contributed by atoms with Crippen molar-refractivity contribution < 1.29 is 19.1 Å². The molecular weight excluding hydrogens is 364 g/mol. The summed E-state index contributed by atoms with van der Waals surface area (Å²) in [5.41, 5.74) is -0.130. The van der Waals surface area contributed by atoms with Gasteiger partial charge in [0, 0.05) is 18.3 Å². The average Bonchev–Trinajstić information content (AvgIpc) is 3.13. The molecule has 4 amide bonds. The number of hydrogen-bond donors (Lipinski definition) is 3. The molecule has 1 fully saturated rings. The van der Waals surface area contributed by atoms with Gasteiger partial charge in [-0.15, -0.1) is 0 Å². The van der Waals surface area contributed by atoms with Crippen molar-refractivity contribution in [3.05, 3.63) is 63.1 Å². The van der Waals surface area contributed by atoms with Crippen molar-refractivity contribution in [2.24, 2.45) is 0 Å². The summed E-state index contributed by atoms with van der Waals surface area (Å²) in [4.78, 5) is 54.0. The zero-order valence-electron chi connectivity index (χ0n) is 15.3. The molecule has 0 aliphatic carbocycles. The Balaban J connectivity index is 1.75. The van der Waals surface area contributed by atoms with E-state index in [9.17, 15) is 19.2 Å². The van der Waals surface area contributed by atoms with Crippen LogP contribution < -0.4 is 20.9 Å². The molecule has 28 heavy (non-hydrogen) atoms. The highest BCUT2D eigenvalue weighted by atomic mass is 16.5. The highest BCUT2D eigenvalue weighted by Crippen LogP contribution is 2.31. The molecule has 3 N–H and O–H groups in total. The van der Waals surface area contributed by atoms with E-state index in [1.165, 1.54) is 18.2 Å². The first-order valence-electron chi connectivity index (χ1n) is 8.63. The van der Waals surface area contributed by atoms with E-state index in [2.05, 4.69) is 15.6 Å². The number of rotatable bonds is 4. The topological polar surface area (TPSA) is 121 Å². The number of aromatic amines is 1. The van der Waals surface area contributed by atoms with Gasteiger partial charge in [-0.1, -0.05) is 6.07 Å². The van der Waals surface area contributed by atoms with Gasteiger partial charge in [0.15, 0.2) is 5.54 Å². The molecule has 3 heterocycles. The third-order valence-corrected chi connectivity index (χ3v) is 5.07. The summed E-state index contributed by atoms with van der Waals surface area (Å²) >= 11 is 0. The molecule has 2 aromatic rings. The number of hydrogen-bond acceptors (Lipinski definition) is 5. The second-order valence-electron chi connectivity index (χ2n) is 6.92. The number of imide groups is 1. The Bertz CT molecular complexity index is 1080. The summed E-state index contributed by atoms with van der Waals surface area (Å²) < 4.78 is 5.17. The van der Waals surface area contributed by atoms with Gasteiger partial charge in [0.05, 0.1) is 19.2 Å². The smallest absolute Gasteiger partial charge is 0.322 e. The quantitative estimate of drug-likeness (QED) is 0.661. The number of nitrogens with zero attached hydrogens (tertiary/aromatic N) is 1. The minimum Gasteiger partial charge on any atom is -0.497 e. The lowest BCUT2D eigenvalue weighted by molar-refractivity contribution is -0.124. The van der Waals surface area contributed by atoms with Gasteiger partial charge in [-0.2, -0.15) is 0 Å². The van der Waals surface area contributed by atoms with Crippen molar-refractivity contribution in [2.75, 3.05) is 13.7 Å². The van der Waals surface area contributed by atoms with E-state index < -0.39 is 23.0 Å². The number of H-pyrrole nitrogens is 1. The van der Waals surface area contributed by atoms with Crippen molar-refractivity contribution in [2.45, 2.75) is 19.0 Å². The van der Waals surface area contributed by atoms with Crippen molar-refractivity contribution >= 4 is 17.8 Å². The van der Waals surface area contributed by atoms with E-state index in [-0.39, 0.29) is 24.6 Å². The fourth-order valence-electron chi connectivity index (χ4n) is 3.67. The molecule has 1 aromatic heterocycles. The van der Waals surface area contributed by atoms with Gasteiger partial charge in [0.25, 0.3) is 17.4 Å². The number of carbonyl (C=O) groups is 3. The zero-order valence-corrected chi connectivity index (χ0v) is 15.3. The minimum absolute atomic E-state index is 0.0807. The van der Waals surface area contributed by atoms with Crippen molar-refractivity contribution in [3.8, 4) is 5.75 Å². The highest BCUT2D eigenvalue weighted by Gasteiger charge is 2.52. The number of nitrogens with one attached hydrogen (secondary N) is 3. The number of amides is 4. The Morgan fingerprint density at radius 1 is 1.18 bits per heavy atom. The van der Waals surface area contributed by atoms with Crippen LogP contribution in [0.3, 0.4) is 0 Å². The van der Waals surface area contributed by atoms with E-state index in [4.69, 9.17) is 4.74 Å². The first-order valence-corrected chi connectivity index (χ1v) is 8.63. The van der Waals surface area contributed by atoms with Crippen molar-refractivity contribution in [1.29, 1.82) is 0 Å². The molecular formula is C19H18N4O5. The molecule has 2 aliphatic heterocycles. The third-order valence-electron chi connectivity index (χ3n) is 5.07. The number of ether oxygens (including phenoxy) is 1. The predicted octanol–water partition coefficient (Wildman–Crippen LogP) is 0.383. The van der Waals surface area contributed by atoms with E-state index >= 15 is 0 Å². The zero-order chi connectivity index (χ0) is 20.1. The monoisotopic (exact) mass is 382 g/mol. The summed E-state index contributed by atoms with van der Waals surface area (Å²) in [6.07, 6.45) is 1.51. The SMILES string of the molecule is COc1ccc2c(c1)C(=O)N(C[C@@]1(c3cc(C)c[nH]c3=O)NC(=O)NC1=O)C2. The lowest BCUT2D eigenvalue weighted by atomic mass is 9.89. The van der Waals surface area contributed by atoms with E-state index in [0.717, 1.165) is 5.56 Å². The Morgan fingerprint density at radius 2 is 1.96 bits per heavy atom. The molecule has 0 radical (unpaired) electrons. The summed E-state index contributed by atoms with van der Waals surface area (Å²) in [6, 6.07) is 6.00. The number of aryl methyl sites for hydroxylation is 1. The molecule has 144 valence electrons. The van der Waals surface area contributed by atoms with Crippen LogP contribution in [0.4, 0.5) is 4.79 Å². The normalized spacial score (nSPS) is 20.8. The first-order chi connectivity index (χ1) is 13.3. The van der Waals surface area contributed by atoms with Crippen LogP contribution in [0.1, 0.15) is 27.0 Å². The number of aromatic nitrogens is 1. The number of urea groups is 1. The van der Waals surface area contributed by atoms with E-state index in [1.54, 1.807) is 31.2 Å². The van der Waals surface area contributed by atoms with Crippen molar-refractivity contribution in [3.63, 3.8) is 0 Å². The number of fused-ring (bicyclic) bond motifs is 1. The Kier molecular flexibility index (Phi) is 3.95. The van der Waals surface area contributed by atoms with Crippen LogP contribution in [0.5, 0.6) is 5.75 Å². The molecule has 1 atom stereocenters. The summed E-state index contributed by atoms with van der Waals surface area (Å²) in [6.45, 7) is 1.84. The lowest BCUT2D eigenvalue weighted by Crippen LogP contribution is -2.55. The number of methoxy groups -OCH3 is 1. The standard InChI is InChI=1S/C19H18N4O5/c1-10-5-14(15(24)20-7-10)19(17(26)21-18(27)22-19)9-23-8-11-3-4-12(28-2)6-13(11)16(23)25/h3-7H,8-9H2,1-2H3,(H,20,24)(H2,21,22,26,27)/t19-/m0/s1. The molecule has 1 saturated heterocycles. The molecule has 1 aromatic carbocycles. The van der Waals surface area contributed by atoms with Gasteiger partial charge in [0.1, 0.15) is 5.75 Å². The fraction of sp³-hybridized carbons (Fsp3) is 0.263. The number of pyridine rings is 1. The summed E-state index contributed by atoms with van der Waals surface area (Å²) in [5, 5.41) is 4.74. The van der Waals surface area contributed by atoms with Crippen LogP contribution in [-0.4, -0.2) is 41.4 Å². The van der Waals surface area contributed by atoms with Crippen LogP contribution in [-0.2, 0) is 16.9 Å². The summed E-state index contributed by atoms with van der Waals surface area (Å²) in [7, 11) is 1.51. The van der Waals surface area contributed by atoms with Crippen LogP contribution in [0.25, 0.3) is 0 Å². The Hall–Kier alpha value is -3.62. The number of benzene rings is 1. The highest BCUT2D eigenvalue weighted by molar-refractivity contribution is 6.08. The maximum absolute atomic E-state index is 12.9. The largest absolute Gasteiger partial charge is 0.497 e. The predicted molar refractivity (Wildman–Crippen MR) is 97.9 cm³/mol. The maximum Gasteiger partial charge on any atom is 0.322 e. The number of carbonyl (C=O) groups excluding carboxylic acids is 3. The first kappa shape index (κ1) is 17.8. The molecule has 2 aliphatic rings. The van der Waals surface area contributed by atoms with Gasteiger partial charge in [-0.25, -0.2) is 4.79 Å². The van der Waals surface area contributed by atoms with Gasteiger partial charge in [-0.05, 0) is 36.2 Å². The van der Waals surface area contributed by atoms with Crippen LogP contribution in [0.2, 0.25) is 0 Å². The van der Waals surface area contributed by atoms with E-state index in [1.807, 2.05) is 0 Å². The van der Waals surface area contributed by atoms with Crippen LogP contribution >= 0.6 is 0 Å². The minimum atomic E-state index is -1.67. The van der Waals surface area contributed by atoms with Gasteiger partial charge in [0.2, 0.25) is 0 Å². The van der Waals surface area contributed by atoms with Gasteiger partial charge < -0.3 is 19.9 Å². The molecule has 0 bridgehead atoms. The Morgan fingerprint density at radius 3 is 2.64 bits per heavy atom. The Labute approximate surface area is 159 Å². The molecule has 9 nitrogen and oxygen atoms in total. The molecule has 0 spiro atoms. The fourth-order valence-corrected chi connectivity index (χ4v) is 3.67. The average molecular weight is 382 g/mol. The second-order valence-corrected chi connectivity index (χ2v) is 6.92. The molecule has 0 unspecified atom stereocenters. The van der Waals surface area contributed by atoms with Crippen LogP contribution in [0.15, 0.2) is 35.3 Å². The summed E-state index contributed by atoms with van der Waals surface area (Å²) in [5.74, 6) is -0.424. The molecule has 0 saturated carbocycles. The van der Waals surface area contributed by atoms with Gasteiger partial charge >= 0.3 is 6.03 Å². The maximum atomic E-state index is 12.9. The molecule has 9 heteroatoms. The van der Waals surface area contributed by atoms with E-state index in [0.29, 0.717) is 16.9 Å². The van der Waals surface area contributed by atoms with Gasteiger partial charge in [-0.3, -0.25) is 19.7 Å². The second kappa shape index (κ2) is 6.22. The molecule has 4 rings (SSSR count). The van der Waals surface area contributed by atoms with Crippen LogP contribution in [0, 0.1) is 6.92 Å². The van der Waals surface area contributed by atoms with Crippen molar-refractivity contribution in [1.82, 2.24) is 20.5 Å². The third kappa shape index (κ3) is 2.63. The lowest BCUT2D eigenvalue weighted by Gasteiger charge is -2.30.